The maximum absolute atomic E-state index is 8.93. The Hall–Kier alpha value is -0.970. The third kappa shape index (κ3) is 4.07. The van der Waals surface area contributed by atoms with Crippen LogP contribution in [0.2, 0.25) is 0 Å². The largest absolute Gasteiger partial charge is 0.493 e. The van der Waals surface area contributed by atoms with Gasteiger partial charge in [0.05, 0.1) is 20.8 Å². The van der Waals surface area contributed by atoms with Crippen molar-refractivity contribution in [3.8, 4) is 11.5 Å². The molecular formula is C12H20ClNO3. The molecule has 4 nitrogen and oxygen atoms in total. The molecular weight excluding hydrogens is 242 g/mol. The Morgan fingerprint density at radius 2 is 1.76 bits per heavy atom. The first-order valence-electron chi connectivity index (χ1n) is 5.20. The fourth-order valence-corrected chi connectivity index (χ4v) is 1.59. The van der Waals surface area contributed by atoms with Crippen molar-refractivity contribution in [1.82, 2.24) is 0 Å². The van der Waals surface area contributed by atoms with Gasteiger partial charge in [-0.3, -0.25) is 0 Å². The number of methoxy groups -OCH3 is 2. The van der Waals surface area contributed by atoms with Gasteiger partial charge in [-0.05, 0) is 36.6 Å². The Kier molecular flexibility index (Phi) is 6.95. The van der Waals surface area contributed by atoms with E-state index >= 15 is 0 Å². The first-order valence-corrected chi connectivity index (χ1v) is 5.20. The smallest absolute Gasteiger partial charge is 0.161 e. The second kappa shape index (κ2) is 7.37. The fraction of sp³-hybridized carbons (Fsp3) is 0.500. The van der Waals surface area contributed by atoms with Gasteiger partial charge in [0, 0.05) is 6.04 Å². The van der Waals surface area contributed by atoms with E-state index in [2.05, 4.69) is 0 Å². The number of aliphatic hydroxyl groups is 1. The number of nitrogens with two attached hydrogens (primary N) is 1. The molecule has 1 unspecified atom stereocenters. The van der Waals surface area contributed by atoms with Crippen molar-refractivity contribution in [2.24, 2.45) is 5.73 Å². The van der Waals surface area contributed by atoms with Crippen molar-refractivity contribution in [1.29, 1.82) is 0 Å². The molecule has 0 heterocycles. The Bertz CT molecular complexity index is 358. The van der Waals surface area contributed by atoms with Gasteiger partial charge in [-0.25, -0.2) is 0 Å². The highest BCUT2D eigenvalue weighted by Crippen LogP contribution is 2.30. The van der Waals surface area contributed by atoms with E-state index in [4.69, 9.17) is 20.3 Å². The molecule has 5 heteroatoms. The average Bonchev–Trinajstić information content (AvgIpc) is 2.30. The summed E-state index contributed by atoms with van der Waals surface area (Å²) in [6, 6.07) is 3.58. The molecule has 0 aromatic heterocycles. The summed E-state index contributed by atoms with van der Waals surface area (Å²) in [7, 11) is 3.21. The van der Waals surface area contributed by atoms with Crippen LogP contribution in [0, 0.1) is 6.92 Å². The molecule has 98 valence electrons. The Morgan fingerprint density at radius 1 is 1.24 bits per heavy atom. The van der Waals surface area contributed by atoms with Crippen LogP contribution >= 0.6 is 12.4 Å². The van der Waals surface area contributed by atoms with Crippen molar-refractivity contribution < 1.29 is 14.6 Å². The maximum atomic E-state index is 8.93. The number of hydrogen-bond acceptors (Lipinski definition) is 4. The minimum absolute atomic E-state index is 0. The summed E-state index contributed by atoms with van der Waals surface area (Å²) in [6.07, 6.45) is 0.628. The van der Waals surface area contributed by atoms with Gasteiger partial charge in [-0.1, -0.05) is 0 Å². The van der Waals surface area contributed by atoms with Crippen molar-refractivity contribution >= 4 is 12.4 Å². The molecule has 0 aliphatic heterocycles. The van der Waals surface area contributed by atoms with Crippen LogP contribution in [0.3, 0.4) is 0 Å². The molecule has 0 bridgehead atoms. The van der Waals surface area contributed by atoms with Crippen LogP contribution in [-0.4, -0.2) is 32.0 Å². The summed E-state index contributed by atoms with van der Waals surface area (Å²) in [6.45, 7) is 1.97. The van der Waals surface area contributed by atoms with Crippen LogP contribution in [0.4, 0.5) is 0 Å². The monoisotopic (exact) mass is 261 g/mol. The van der Waals surface area contributed by atoms with Crippen molar-refractivity contribution in [3.63, 3.8) is 0 Å². The first-order chi connectivity index (χ1) is 7.62. The fourth-order valence-electron chi connectivity index (χ4n) is 1.59. The Morgan fingerprint density at radius 3 is 2.24 bits per heavy atom. The van der Waals surface area contributed by atoms with Crippen LogP contribution in [0.25, 0.3) is 0 Å². The van der Waals surface area contributed by atoms with E-state index in [-0.39, 0.29) is 25.1 Å². The lowest BCUT2D eigenvalue weighted by Gasteiger charge is -2.14. The highest BCUT2D eigenvalue weighted by atomic mass is 35.5. The van der Waals surface area contributed by atoms with E-state index in [0.717, 1.165) is 11.1 Å². The van der Waals surface area contributed by atoms with Crippen LogP contribution < -0.4 is 15.2 Å². The molecule has 0 aliphatic carbocycles. The minimum atomic E-state index is -0.239. The van der Waals surface area contributed by atoms with Gasteiger partial charge in [0.15, 0.2) is 11.5 Å². The van der Waals surface area contributed by atoms with E-state index in [1.807, 2.05) is 19.1 Å². The average molecular weight is 262 g/mol. The van der Waals surface area contributed by atoms with Crippen LogP contribution in [0.15, 0.2) is 12.1 Å². The first kappa shape index (κ1) is 16.0. The van der Waals surface area contributed by atoms with Gasteiger partial charge in [-0.2, -0.15) is 0 Å². The lowest BCUT2D eigenvalue weighted by molar-refractivity contribution is 0.265. The second-order valence-corrected chi connectivity index (χ2v) is 3.78. The molecule has 17 heavy (non-hydrogen) atoms. The Labute approximate surface area is 108 Å². The molecule has 0 aliphatic rings. The van der Waals surface area contributed by atoms with Gasteiger partial charge in [0.2, 0.25) is 0 Å². The molecule has 0 spiro atoms. The summed E-state index contributed by atoms with van der Waals surface area (Å²) in [5.74, 6) is 1.40. The van der Waals surface area contributed by atoms with Gasteiger partial charge in [-0.15, -0.1) is 12.4 Å². The summed E-state index contributed by atoms with van der Waals surface area (Å²) in [5, 5.41) is 8.93. The van der Waals surface area contributed by atoms with Crippen molar-refractivity contribution in [2.45, 2.75) is 19.4 Å². The number of halogens is 1. The highest BCUT2D eigenvalue weighted by Gasteiger charge is 2.10. The van der Waals surface area contributed by atoms with E-state index < -0.39 is 0 Å². The molecule has 0 radical (unpaired) electrons. The molecule has 1 aromatic rings. The van der Waals surface area contributed by atoms with E-state index in [9.17, 15) is 0 Å². The molecule has 1 rings (SSSR count). The summed E-state index contributed by atoms with van der Waals surface area (Å²) < 4.78 is 10.4. The number of ether oxygens (including phenoxy) is 2. The zero-order valence-corrected chi connectivity index (χ0v) is 11.2. The van der Waals surface area contributed by atoms with E-state index in [1.54, 1.807) is 14.2 Å². The second-order valence-electron chi connectivity index (χ2n) is 3.78. The number of aliphatic hydroxyl groups excluding tert-OH is 1. The quantitative estimate of drug-likeness (QED) is 0.839. The molecule has 0 saturated carbocycles. The van der Waals surface area contributed by atoms with Crippen LogP contribution in [0.5, 0.6) is 11.5 Å². The molecule has 0 fully saturated rings. The summed E-state index contributed by atoms with van der Waals surface area (Å²) >= 11 is 0. The SMILES string of the molecule is COc1cc(C)c(CC(N)CO)cc1OC.Cl. The zero-order chi connectivity index (χ0) is 12.1. The number of rotatable bonds is 5. The molecule has 0 amide bonds. The van der Waals surface area contributed by atoms with E-state index in [1.165, 1.54) is 0 Å². The normalized spacial score (nSPS) is 11.6. The van der Waals surface area contributed by atoms with Crippen molar-refractivity contribution in [2.75, 3.05) is 20.8 Å². The summed E-state index contributed by atoms with van der Waals surface area (Å²) in [4.78, 5) is 0. The Balaban J connectivity index is 0.00000256. The topological polar surface area (TPSA) is 64.7 Å². The molecule has 3 N–H and O–H groups in total. The van der Waals surface area contributed by atoms with Crippen molar-refractivity contribution in [3.05, 3.63) is 23.3 Å². The number of aryl methyl sites for hydroxylation is 1. The lowest BCUT2D eigenvalue weighted by atomic mass is 10.0. The van der Waals surface area contributed by atoms with Gasteiger partial charge in [0.1, 0.15) is 0 Å². The highest BCUT2D eigenvalue weighted by molar-refractivity contribution is 5.85. The third-order valence-electron chi connectivity index (χ3n) is 2.56. The predicted octanol–water partition coefficient (Wildman–Crippen LogP) is 1.30. The predicted molar refractivity (Wildman–Crippen MR) is 70.3 cm³/mol. The van der Waals surface area contributed by atoms with Gasteiger partial charge < -0.3 is 20.3 Å². The minimum Gasteiger partial charge on any atom is -0.493 e. The number of benzene rings is 1. The van der Waals surface area contributed by atoms with E-state index in [0.29, 0.717) is 17.9 Å². The number of hydrogen-bond donors (Lipinski definition) is 2. The maximum Gasteiger partial charge on any atom is 0.161 e. The van der Waals surface area contributed by atoms with Crippen LogP contribution in [-0.2, 0) is 6.42 Å². The lowest BCUT2D eigenvalue weighted by Crippen LogP contribution is -2.27. The molecule has 1 aromatic carbocycles. The van der Waals surface area contributed by atoms with Gasteiger partial charge in [0.25, 0.3) is 0 Å². The molecule has 1 atom stereocenters. The van der Waals surface area contributed by atoms with Gasteiger partial charge >= 0.3 is 0 Å². The summed E-state index contributed by atoms with van der Waals surface area (Å²) in [5.41, 5.74) is 7.87. The zero-order valence-electron chi connectivity index (χ0n) is 10.4. The third-order valence-corrected chi connectivity index (χ3v) is 2.56. The van der Waals surface area contributed by atoms with Crippen LogP contribution in [0.1, 0.15) is 11.1 Å². The molecule has 0 saturated heterocycles. The standard InChI is InChI=1S/C12H19NO3.ClH/c1-8-4-11(15-2)12(16-3)6-9(8)5-10(13)7-14;/h4,6,10,14H,5,7,13H2,1-3H3;1H.